The molecule has 1 unspecified atom stereocenters. The first-order chi connectivity index (χ1) is 8.65. The normalized spacial score (nSPS) is 12.2. The van der Waals surface area contributed by atoms with Crippen LogP contribution in [0.5, 0.6) is 0 Å². The van der Waals surface area contributed by atoms with Crippen molar-refractivity contribution in [3.05, 3.63) is 5.28 Å². The van der Waals surface area contributed by atoms with Gasteiger partial charge in [-0.25, -0.2) is 0 Å². The van der Waals surface area contributed by atoms with Crippen molar-refractivity contribution in [2.45, 2.75) is 52.5 Å². The van der Waals surface area contributed by atoms with Gasteiger partial charge in [-0.3, -0.25) is 0 Å². The summed E-state index contributed by atoms with van der Waals surface area (Å²) in [5, 5.41) is 6.57. The van der Waals surface area contributed by atoms with E-state index < -0.39 is 0 Å². The second kappa shape index (κ2) is 8.08. The number of anilines is 2. The SMILES string of the molecule is CCCCC(C)Nc1nc(Cl)nc(NCCC)n1. The average Bonchev–Trinajstić information content (AvgIpc) is 2.33. The zero-order valence-electron chi connectivity index (χ0n) is 11.3. The van der Waals surface area contributed by atoms with E-state index in [1.165, 1.54) is 12.8 Å². The van der Waals surface area contributed by atoms with Gasteiger partial charge in [-0.05, 0) is 31.4 Å². The molecule has 1 rings (SSSR count). The third-order valence-corrected chi connectivity index (χ3v) is 2.68. The van der Waals surface area contributed by atoms with E-state index in [2.05, 4.69) is 46.4 Å². The Kier molecular flexibility index (Phi) is 6.72. The molecule has 1 heterocycles. The first-order valence-electron chi connectivity index (χ1n) is 6.57. The fourth-order valence-corrected chi connectivity index (χ4v) is 1.69. The van der Waals surface area contributed by atoms with E-state index in [-0.39, 0.29) is 5.28 Å². The van der Waals surface area contributed by atoms with E-state index in [1.54, 1.807) is 0 Å². The van der Waals surface area contributed by atoms with Crippen LogP contribution in [-0.2, 0) is 0 Å². The summed E-state index contributed by atoms with van der Waals surface area (Å²) >= 11 is 5.87. The van der Waals surface area contributed by atoms with Crippen molar-refractivity contribution in [2.24, 2.45) is 0 Å². The maximum absolute atomic E-state index is 5.87. The summed E-state index contributed by atoms with van der Waals surface area (Å²) in [6.45, 7) is 7.21. The molecule has 0 saturated heterocycles. The van der Waals surface area contributed by atoms with Gasteiger partial charge in [0, 0.05) is 12.6 Å². The minimum Gasteiger partial charge on any atom is -0.354 e. The van der Waals surface area contributed by atoms with Crippen LogP contribution in [0.15, 0.2) is 0 Å². The predicted octanol–water partition coefficient (Wildman–Crippen LogP) is 3.34. The van der Waals surface area contributed by atoms with Crippen LogP contribution in [-0.4, -0.2) is 27.5 Å². The van der Waals surface area contributed by atoms with E-state index in [0.717, 1.165) is 19.4 Å². The first kappa shape index (κ1) is 15.0. The second-order valence-corrected chi connectivity index (χ2v) is 4.70. The number of aromatic nitrogens is 3. The number of rotatable bonds is 8. The van der Waals surface area contributed by atoms with Gasteiger partial charge in [0.1, 0.15) is 0 Å². The van der Waals surface area contributed by atoms with Gasteiger partial charge < -0.3 is 10.6 Å². The molecule has 0 saturated carbocycles. The maximum atomic E-state index is 5.87. The van der Waals surface area contributed by atoms with Gasteiger partial charge in [0.15, 0.2) is 0 Å². The Hall–Kier alpha value is -1.10. The van der Waals surface area contributed by atoms with Crippen LogP contribution in [0.3, 0.4) is 0 Å². The average molecular weight is 272 g/mol. The number of nitrogens with zero attached hydrogens (tertiary/aromatic N) is 3. The summed E-state index contributed by atoms with van der Waals surface area (Å²) in [5.74, 6) is 1.07. The van der Waals surface area contributed by atoms with Gasteiger partial charge in [-0.2, -0.15) is 15.0 Å². The summed E-state index contributed by atoms with van der Waals surface area (Å²) in [5.41, 5.74) is 0. The van der Waals surface area contributed by atoms with Crippen LogP contribution >= 0.6 is 11.6 Å². The minimum absolute atomic E-state index is 0.216. The molecule has 0 fully saturated rings. The fraction of sp³-hybridized carbons (Fsp3) is 0.750. The quantitative estimate of drug-likeness (QED) is 0.759. The van der Waals surface area contributed by atoms with Crippen molar-refractivity contribution in [3.63, 3.8) is 0 Å². The molecule has 0 radical (unpaired) electrons. The molecule has 0 aromatic carbocycles. The molecule has 0 aliphatic heterocycles. The second-order valence-electron chi connectivity index (χ2n) is 4.37. The number of nitrogens with one attached hydrogen (secondary N) is 2. The Labute approximate surface area is 114 Å². The zero-order valence-corrected chi connectivity index (χ0v) is 12.1. The largest absolute Gasteiger partial charge is 0.354 e. The summed E-state index contributed by atoms with van der Waals surface area (Å²) in [6.07, 6.45) is 4.48. The molecule has 18 heavy (non-hydrogen) atoms. The van der Waals surface area contributed by atoms with E-state index in [9.17, 15) is 0 Å². The molecule has 1 atom stereocenters. The molecular weight excluding hydrogens is 250 g/mol. The van der Waals surface area contributed by atoms with Crippen LogP contribution in [0, 0.1) is 0 Å². The first-order valence-corrected chi connectivity index (χ1v) is 6.95. The molecule has 0 amide bonds. The molecule has 0 bridgehead atoms. The maximum Gasteiger partial charge on any atom is 0.229 e. The number of hydrogen-bond acceptors (Lipinski definition) is 5. The van der Waals surface area contributed by atoms with Crippen molar-refractivity contribution in [1.29, 1.82) is 0 Å². The molecule has 0 spiro atoms. The van der Waals surface area contributed by atoms with Gasteiger partial charge in [0.05, 0.1) is 0 Å². The van der Waals surface area contributed by atoms with E-state index in [1.807, 2.05) is 0 Å². The minimum atomic E-state index is 0.216. The van der Waals surface area contributed by atoms with E-state index >= 15 is 0 Å². The summed E-state index contributed by atoms with van der Waals surface area (Å²) in [4.78, 5) is 12.4. The highest BCUT2D eigenvalue weighted by Gasteiger charge is 2.07. The van der Waals surface area contributed by atoms with Crippen molar-refractivity contribution >= 4 is 23.5 Å². The molecule has 102 valence electrons. The van der Waals surface area contributed by atoms with Gasteiger partial charge in [-0.15, -0.1) is 0 Å². The summed E-state index contributed by atoms with van der Waals surface area (Å²) < 4.78 is 0. The van der Waals surface area contributed by atoms with Gasteiger partial charge in [0.25, 0.3) is 0 Å². The highest BCUT2D eigenvalue weighted by molar-refractivity contribution is 6.28. The predicted molar refractivity (Wildman–Crippen MR) is 76.2 cm³/mol. The standard InChI is InChI=1S/C12H22ClN5/c1-4-6-7-9(3)15-12-17-10(13)16-11(18-12)14-8-5-2/h9H,4-8H2,1-3H3,(H2,14,15,16,17,18). The molecular formula is C12H22ClN5. The smallest absolute Gasteiger partial charge is 0.229 e. The lowest BCUT2D eigenvalue weighted by Gasteiger charge is -2.13. The lowest BCUT2D eigenvalue weighted by Crippen LogP contribution is -2.18. The Bertz CT molecular complexity index is 358. The van der Waals surface area contributed by atoms with Crippen LogP contribution in [0.4, 0.5) is 11.9 Å². The Morgan fingerprint density at radius 1 is 1.11 bits per heavy atom. The Morgan fingerprint density at radius 2 is 1.83 bits per heavy atom. The van der Waals surface area contributed by atoms with Crippen molar-refractivity contribution in [3.8, 4) is 0 Å². The van der Waals surface area contributed by atoms with Crippen molar-refractivity contribution in [1.82, 2.24) is 15.0 Å². The van der Waals surface area contributed by atoms with E-state index in [0.29, 0.717) is 17.9 Å². The van der Waals surface area contributed by atoms with Gasteiger partial charge >= 0.3 is 0 Å². The highest BCUT2D eigenvalue weighted by atomic mass is 35.5. The third kappa shape index (κ3) is 5.49. The molecule has 1 aromatic heterocycles. The lowest BCUT2D eigenvalue weighted by molar-refractivity contribution is 0.640. The van der Waals surface area contributed by atoms with E-state index in [4.69, 9.17) is 11.6 Å². The Morgan fingerprint density at radius 3 is 2.50 bits per heavy atom. The monoisotopic (exact) mass is 271 g/mol. The van der Waals surface area contributed by atoms with Crippen LogP contribution in [0.2, 0.25) is 5.28 Å². The van der Waals surface area contributed by atoms with Gasteiger partial charge in [-0.1, -0.05) is 26.7 Å². The third-order valence-electron chi connectivity index (χ3n) is 2.51. The summed E-state index contributed by atoms with van der Waals surface area (Å²) in [6, 6.07) is 0.336. The van der Waals surface area contributed by atoms with Crippen molar-refractivity contribution in [2.75, 3.05) is 17.2 Å². The zero-order chi connectivity index (χ0) is 13.4. The fourth-order valence-electron chi connectivity index (χ4n) is 1.53. The van der Waals surface area contributed by atoms with Crippen molar-refractivity contribution < 1.29 is 0 Å². The summed E-state index contributed by atoms with van der Waals surface area (Å²) in [7, 11) is 0. The lowest BCUT2D eigenvalue weighted by atomic mass is 10.1. The number of unbranched alkanes of at least 4 members (excludes halogenated alkanes) is 1. The number of hydrogen-bond donors (Lipinski definition) is 2. The Balaban J connectivity index is 2.61. The molecule has 6 heteroatoms. The van der Waals surface area contributed by atoms with Crippen LogP contribution < -0.4 is 10.6 Å². The molecule has 0 aliphatic rings. The molecule has 2 N–H and O–H groups in total. The molecule has 1 aromatic rings. The topological polar surface area (TPSA) is 62.7 Å². The number of halogens is 1. The van der Waals surface area contributed by atoms with Crippen LogP contribution in [0.1, 0.15) is 46.5 Å². The molecule has 5 nitrogen and oxygen atoms in total. The van der Waals surface area contributed by atoms with Crippen LogP contribution in [0.25, 0.3) is 0 Å². The highest BCUT2D eigenvalue weighted by Crippen LogP contribution is 2.12. The molecule has 0 aliphatic carbocycles. The van der Waals surface area contributed by atoms with Gasteiger partial charge in [0.2, 0.25) is 17.2 Å².